The number of rotatable bonds is 6. The summed E-state index contributed by atoms with van der Waals surface area (Å²) in [5, 5.41) is 5.69. The molecule has 2 N–H and O–H groups in total. The second-order valence-electron chi connectivity index (χ2n) is 6.05. The van der Waals surface area contributed by atoms with Gasteiger partial charge < -0.3 is 20.3 Å². The predicted molar refractivity (Wildman–Crippen MR) is 122 cm³/mol. The van der Waals surface area contributed by atoms with Crippen molar-refractivity contribution in [2.24, 2.45) is 0 Å². The third-order valence-electron chi connectivity index (χ3n) is 4.25. The number of amides is 1. The molecule has 1 amide bonds. The molecular formula is C19H20BrF2N3O3S2. The lowest BCUT2D eigenvalue weighted by molar-refractivity contribution is 0.0601. The highest BCUT2D eigenvalue weighted by Gasteiger charge is 2.27. The molecule has 1 aromatic heterocycles. The normalized spacial score (nSPS) is 10.5. The number of methoxy groups -OCH3 is 1. The summed E-state index contributed by atoms with van der Waals surface area (Å²) in [4.78, 5) is 27.2. The lowest BCUT2D eigenvalue weighted by atomic mass is 10.1. The van der Waals surface area contributed by atoms with Gasteiger partial charge in [-0.2, -0.15) is 0 Å². The van der Waals surface area contributed by atoms with Gasteiger partial charge in [-0.15, -0.1) is 11.3 Å². The van der Waals surface area contributed by atoms with E-state index in [0.29, 0.717) is 29.6 Å². The Morgan fingerprint density at radius 3 is 2.40 bits per heavy atom. The van der Waals surface area contributed by atoms with Crippen molar-refractivity contribution in [1.82, 2.24) is 4.90 Å². The number of benzene rings is 1. The lowest BCUT2D eigenvalue weighted by Gasteiger charge is -2.18. The SMILES string of the molecule is CCN(CC)C(=O)c1sc(NC(=S)Nc2c(F)cc(F)cc2Br)c(C(=O)OC)c1C. The molecular weight excluding hydrogens is 500 g/mol. The molecule has 1 heterocycles. The number of carbonyl (C=O) groups excluding carboxylic acids is 2. The molecule has 0 unspecified atom stereocenters. The van der Waals surface area contributed by atoms with Crippen LogP contribution in [0, 0.1) is 18.6 Å². The van der Waals surface area contributed by atoms with E-state index in [9.17, 15) is 18.4 Å². The van der Waals surface area contributed by atoms with E-state index in [1.54, 1.807) is 11.8 Å². The number of carbonyl (C=O) groups is 2. The van der Waals surface area contributed by atoms with Crippen LogP contribution in [-0.4, -0.2) is 42.1 Å². The van der Waals surface area contributed by atoms with Gasteiger partial charge in [0.25, 0.3) is 5.91 Å². The van der Waals surface area contributed by atoms with Gasteiger partial charge >= 0.3 is 5.97 Å². The number of anilines is 2. The van der Waals surface area contributed by atoms with Crippen molar-refractivity contribution in [3.8, 4) is 0 Å². The maximum Gasteiger partial charge on any atom is 0.341 e. The van der Waals surface area contributed by atoms with Crippen LogP contribution in [-0.2, 0) is 4.74 Å². The molecule has 6 nitrogen and oxygen atoms in total. The summed E-state index contributed by atoms with van der Waals surface area (Å²) >= 11 is 9.35. The van der Waals surface area contributed by atoms with Gasteiger partial charge in [0.15, 0.2) is 10.9 Å². The number of hydrogen-bond acceptors (Lipinski definition) is 5. The summed E-state index contributed by atoms with van der Waals surface area (Å²) in [6, 6.07) is 1.80. The Labute approximate surface area is 190 Å². The Bertz CT molecular complexity index is 971. The minimum Gasteiger partial charge on any atom is -0.465 e. The molecule has 30 heavy (non-hydrogen) atoms. The number of nitrogens with one attached hydrogen (secondary N) is 2. The van der Waals surface area contributed by atoms with Gasteiger partial charge in [-0.1, -0.05) is 0 Å². The summed E-state index contributed by atoms with van der Waals surface area (Å²) < 4.78 is 32.3. The Morgan fingerprint density at radius 2 is 1.87 bits per heavy atom. The zero-order valence-electron chi connectivity index (χ0n) is 16.7. The van der Waals surface area contributed by atoms with Crippen LogP contribution in [0.1, 0.15) is 39.4 Å². The summed E-state index contributed by atoms with van der Waals surface area (Å²) in [7, 11) is 1.23. The van der Waals surface area contributed by atoms with Gasteiger partial charge in [-0.05, 0) is 60.5 Å². The number of ether oxygens (including phenoxy) is 1. The van der Waals surface area contributed by atoms with Gasteiger partial charge in [0.1, 0.15) is 10.8 Å². The molecule has 0 fully saturated rings. The molecule has 0 atom stereocenters. The first-order valence-electron chi connectivity index (χ1n) is 8.87. The standard InChI is InChI=1S/C19H20BrF2N3O3S2/c1-5-25(6-2)17(26)15-9(3)13(18(27)28-4)16(30-15)24-19(29)23-14-11(20)7-10(21)8-12(14)22/h7-8H,5-6H2,1-4H3,(H2,23,24,29). The quantitative estimate of drug-likeness (QED) is 0.405. The first kappa shape index (κ1) is 24.2. The molecule has 2 rings (SSSR count). The van der Waals surface area contributed by atoms with Crippen molar-refractivity contribution in [3.63, 3.8) is 0 Å². The molecule has 0 saturated heterocycles. The van der Waals surface area contributed by atoms with E-state index >= 15 is 0 Å². The van der Waals surface area contributed by atoms with Crippen molar-refractivity contribution < 1.29 is 23.1 Å². The zero-order chi connectivity index (χ0) is 22.6. The summed E-state index contributed by atoms with van der Waals surface area (Å²) in [5.41, 5.74) is 0.560. The highest BCUT2D eigenvalue weighted by Crippen LogP contribution is 2.35. The summed E-state index contributed by atoms with van der Waals surface area (Å²) in [6.45, 7) is 6.40. The van der Waals surface area contributed by atoms with Gasteiger partial charge in [0.2, 0.25) is 0 Å². The number of hydrogen-bond donors (Lipinski definition) is 2. The van der Waals surface area contributed by atoms with Crippen molar-refractivity contribution in [2.45, 2.75) is 20.8 Å². The highest BCUT2D eigenvalue weighted by atomic mass is 79.9. The molecule has 1 aromatic carbocycles. The van der Waals surface area contributed by atoms with Crippen LogP contribution < -0.4 is 10.6 Å². The minimum absolute atomic E-state index is 0.0468. The van der Waals surface area contributed by atoms with Gasteiger partial charge in [0, 0.05) is 23.6 Å². The zero-order valence-corrected chi connectivity index (χ0v) is 19.9. The smallest absolute Gasteiger partial charge is 0.341 e. The number of thiophene rings is 1. The van der Waals surface area contributed by atoms with Crippen LogP contribution in [0.4, 0.5) is 19.5 Å². The van der Waals surface area contributed by atoms with E-state index in [1.807, 2.05) is 13.8 Å². The number of thiocarbonyl (C=S) groups is 1. The second kappa shape index (κ2) is 10.3. The van der Waals surface area contributed by atoms with Crippen LogP contribution in [0.5, 0.6) is 0 Å². The Balaban J connectivity index is 2.38. The maximum absolute atomic E-state index is 14.1. The molecule has 0 aliphatic carbocycles. The first-order valence-corrected chi connectivity index (χ1v) is 10.9. The fourth-order valence-electron chi connectivity index (χ4n) is 2.72. The van der Waals surface area contributed by atoms with Crippen molar-refractivity contribution >= 4 is 67.2 Å². The van der Waals surface area contributed by atoms with E-state index in [0.717, 1.165) is 17.4 Å². The molecule has 2 aromatic rings. The second-order valence-corrected chi connectivity index (χ2v) is 8.34. The fourth-order valence-corrected chi connectivity index (χ4v) is 4.66. The molecule has 0 aliphatic rings. The topological polar surface area (TPSA) is 70.7 Å². The monoisotopic (exact) mass is 519 g/mol. The van der Waals surface area contributed by atoms with E-state index in [4.69, 9.17) is 17.0 Å². The summed E-state index contributed by atoms with van der Waals surface area (Å²) in [5.74, 6) is -2.45. The van der Waals surface area contributed by atoms with Crippen LogP contribution in [0.3, 0.4) is 0 Å². The minimum atomic E-state index is -0.848. The van der Waals surface area contributed by atoms with Gasteiger partial charge in [0.05, 0.1) is 23.2 Å². The molecule has 0 spiro atoms. The third-order valence-corrected chi connectivity index (χ3v) is 6.28. The lowest BCUT2D eigenvalue weighted by Crippen LogP contribution is -2.30. The van der Waals surface area contributed by atoms with E-state index in [-0.39, 0.29) is 31.7 Å². The molecule has 0 aliphatic heterocycles. The largest absolute Gasteiger partial charge is 0.465 e. The predicted octanol–water partition coefficient (Wildman–Crippen LogP) is 5.17. The maximum atomic E-state index is 14.1. The number of halogens is 3. The number of nitrogens with zero attached hydrogens (tertiary/aromatic N) is 1. The van der Waals surface area contributed by atoms with Gasteiger partial charge in [-0.25, -0.2) is 13.6 Å². The Morgan fingerprint density at radius 1 is 1.23 bits per heavy atom. The molecule has 162 valence electrons. The Hall–Kier alpha value is -2.11. The average Bonchev–Trinajstić information content (AvgIpc) is 3.00. The molecule has 11 heteroatoms. The van der Waals surface area contributed by atoms with E-state index < -0.39 is 17.6 Å². The first-order chi connectivity index (χ1) is 14.1. The van der Waals surface area contributed by atoms with E-state index in [2.05, 4.69) is 26.6 Å². The third kappa shape index (κ3) is 5.13. The van der Waals surface area contributed by atoms with Crippen molar-refractivity contribution in [2.75, 3.05) is 30.8 Å². The van der Waals surface area contributed by atoms with Crippen LogP contribution in [0.15, 0.2) is 16.6 Å². The molecule has 0 radical (unpaired) electrons. The van der Waals surface area contributed by atoms with Crippen molar-refractivity contribution in [3.05, 3.63) is 44.2 Å². The van der Waals surface area contributed by atoms with E-state index in [1.165, 1.54) is 7.11 Å². The fraction of sp³-hybridized carbons (Fsp3) is 0.316. The van der Waals surface area contributed by atoms with Crippen LogP contribution >= 0.6 is 39.5 Å². The summed E-state index contributed by atoms with van der Waals surface area (Å²) in [6.07, 6.45) is 0. The highest BCUT2D eigenvalue weighted by molar-refractivity contribution is 9.10. The van der Waals surface area contributed by atoms with Crippen molar-refractivity contribution in [1.29, 1.82) is 0 Å². The Kier molecular flexibility index (Phi) is 8.27. The average molecular weight is 520 g/mol. The van der Waals surface area contributed by atoms with Crippen LogP contribution in [0.2, 0.25) is 0 Å². The molecule has 0 saturated carbocycles. The van der Waals surface area contributed by atoms with Gasteiger partial charge in [-0.3, -0.25) is 4.79 Å². The number of esters is 1. The van der Waals surface area contributed by atoms with Crippen LogP contribution in [0.25, 0.3) is 0 Å². The molecule has 0 bridgehead atoms.